The molecule has 17 heavy (non-hydrogen) atoms. The van der Waals surface area contributed by atoms with Crippen LogP contribution in [0, 0.1) is 0 Å². The Morgan fingerprint density at radius 2 is 1.24 bits per heavy atom. The lowest BCUT2D eigenvalue weighted by molar-refractivity contribution is 0.0440. The van der Waals surface area contributed by atoms with Crippen LogP contribution in [0.2, 0.25) is 0 Å². The van der Waals surface area contributed by atoms with Crippen molar-refractivity contribution in [2.24, 2.45) is 11.5 Å². The average molecular weight is 248 g/mol. The first-order chi connectivity index (χ1) is 8.02. The minimum atomic E-state index is -0.511. The summed E-state index contributed by atoms with van der Waals surface area (Å²) in [6.07, 6.45) is 1.55. The fraction of sp³-hybridized carbons (Fsp3) is 1.00. The summed E-state index contributed by atoms with van der Waals surface area (Å²) in [5.74, 6) is 0. The predicted octanol–water partition coefficient (Wildman–Crippen LogP) is -0.0204. The zero-order chi connectivity index (χ0) is 13.3. The van der Waals surface area contributed by atoms with Gasteiger partial charge in [0.2, 0.25) is 0 Å². The Kier molecular flexibility index (Phi) is 9.68. The molecule has 0 heterocycles. The van der Waals surface area contributed by atoms with E-state index in [9.17, 15) is 10.2 Å². The van der Waals surface area contributed by atoms with E-state index in [-0.39, 0.29) is 12.1 Å². The van der Waals surface area contributed by atoms with Crippen LogP contribution in [0.25, 0.3) is 0 Å². The minimum Gasteiger partial charge on any atom is -0.391 e. The molecule has 0 bridgehead atoms. The summed E-state index contributed by atoms with van der Waals surface area (Å²) in [6, 6.07) is -0.365. The Morgan fingerprint density at radius 1 is 0.882 bits per heavy atom. The molecule has 0 aliphatic heterocycles. The average Bonchev–Trinajstić information content (AvgIpc) is 2.35. The Balaban J connectivity index is 3.46. The molecule has 6 N–H and O–H groups in total. The van der Waals surface area contributed by atoms with Gasteiger partial charge in [0.05, 0.1) is 12.2 Å². The SMILES string of the molecule is CCC(N)C(O)CCOCCC(O)C(N)CC. The molecule has 104 valence electrons. The molecular weight excluding hydrogens is 220 g/mol. The van der Waals surface area contributed by atoms with Crippen molar-refractivity contribution >= 4 is 0 Å². The first-order valence-corrected chi connectivity index (χ1v) is 6.47. The second-order valence-electron chi connectivity index (χ2n) is 4.47. The molecular formula is C12H28N2O3. The number of aliphatic hydroxyl groups is 2. The van der Waals surface area contributed by atoms with Gasteiger partial charge in [0.15, 0.2) is 0 Å². The largest absolute Gasteiger partial charge is 0.391 e. The Bertz CT molecular complexity index is 163. The number of aliphatic hydroxyl groups excluding tert-OH is 2. The topological polar surface area (TPSA) is 102 Å². The fourth-order valence-electron chi connectivity index (χ4n) is 1.48. The van der Waals surface area contributed by atoms with E-state index in [1.54, 1.807) is 0 Å². The molecule has 0 amide bonds. The van der Waals surface area contributed by atoms with Crippen LogP contribution < -0.4 is 11.5 Å². The highest BCUT2D eigenvalue weighted by Crippen LogP contribution is 2.03. The van der Waals surface area contributed by atoms with E-state index in [0.717, 1.165) is 12.8 Å². The van der Waals surface area contributed by atoms with Crippen LogP contribution >= 0.6 is 0 Å². The van der Waals surface area contributed by atoms with Crippen molar-refractivity contribution in [2.45, 2.75) is 63.8 Å². The number of rotatable bonds is 10. The number of hydrogen-bond donors (Lipinski definition) is 4. The number of ether oxygens (including phenoxy) is 1. The highest BCUT2D eigenvalue weighted by molar-refractivity contribution is 4.70. The highest BCUT2D eigenvalue weighted by Gasteiger charge is 2.14. The molecule has 5 nitrogen and oxygen atoms in total. The van der Waals surface area contributed by atoms with Crippen LogP contribution in [0.4, 0.5) is 0 Å². The second-order valence-corrected chi connectivity index (χ2v) is 4.47. The molecule has 0 saturated heterocycles. The maximum atomic E-state index is 9.58. The van der Waals surface area contributed by atoms with E-state index in [4.69, 9.17) is 16.2 Å². The van der Waals surface area contributed by atoms with Crippen molar-refractivity contribution in [3.63, 3.8) is 0 Å². The standard InChI is InChI=1S/C12H28N2O3/c1-3-9(13)11(15)5-7-17-8-6-12(16)10(14)4-2/h9-12,15-16H,3-8,13-14H2,1-2H3. The highest BCUT2D eigenvalue weighted by atomic mass is 16.5. The molecule has 4 unspecified atom stereocenters. The van der Waals surface area contributed by atoms with Crippen LogP contribution in [-0.4, -0.2) is 47.7 Å². The van der Waals surface area contributed by atoms with Crippen molar-refractivity contribution < 1.29 is 14.9 Å². The summed E-state index contributed by atoms with van der Waals surface area (Å²) >= 11 is 0. The third-order valence-electron chi connectivity index (χ3n) is 3.05. The van der Waals surface area contributed by atoms with Crippen LogP contribution in [0.5, 0.6) is 0 Å². The Morgan fingerprint density at radius 3 is 1.53 bits per heavy atom. The minimum absolute atomic E-state index is 0.183. The summed E-state index contributed by atoms with van der Waals surface area (Å²) < 4.78 is 5.33. The van der Waals surface area contributed by atoms with Gasteiger partial charge in [0.25, 0.3) is 0 Å². The van der Waals surface area contributed by atoms with Crippen LogP contribution in [0.3, 0.4) is 0 Å². The van der Waals surface area contributed by atoms with Gasteiger partial charge < -0.3 is 26.4 Å². The van der Waals surface area contributed by atoms with Gasteiger partial charge in [-0.05, 0) is 25.7 Å². The van der Waals surface area contributed by atoms with Gasteiger partial charge in [-0.15, -0.1) is 0 Å². The molecule has 0 aromatic heterocycles. The zero-order valence-corrected chi connectivity index (χ0v) is 11.0. The summed E-state index contributed by atoms with van der Waals surface area (Å²) in [6.45, 7) is 4.81. The van der Waals surface area contributed by atoms with E-state index < -0.39 is 12.2 Å². The van der Waals surface area contributed by atoms with E-state index in [1.807, 2.05) is 13.8 Å². The van der Waals surface area contributed by atoms with Crippen molar-refractivity contribution in [1.82, 2.24) is 0 Å². The monoisotopic (exact) mass is 248 g/mol. The van der Waals surface area contributed by atoms with Crippen molar-refractivity contribution in [3.05, 3.63) is 0 Å². The number of hydrogen-bond acceptors (Lipinski definition) is 5. The van der Waals surface area contributed by atoms with E-state index in [1.165, 1.54) is 0 Å². The van der Waals surface area contributed by atoms with Gasteiger partial charge in [-0.25, -0.2) is 0 Å². The second kappa shape index (κ2) is 9.79. The zero-order valence-electron chi connectivity index (χ0n) is 11.0. The first-order valence-electron chi connectivity index (χ1n) is 6.47. The lowest BCUT2D eigenvalue weighted by Crippen LogP contribution is -2.35. The summed E-state index contributed by atoms with van der Waals surface area (Å²) in [7, 11) is 0. The Hall–Kier alpha value is -0.200. The van der Waals surface area contributed by atoms with Gasteiger partial charge in [-0.1, -0.05) is 13.8 Å². The third kappa shape index (κ3) is 7.68. The fourth-order valence-corrected chi connectivity index (χ4v) is 1.48. The molecule has 0 aliphatic rings. The summed E-state index contributed by atoms with van der Waals surface area (Å²) in [4.78, 5) is 0. The molecule has 0 saturated carbocycles. The van der Waals surface area contributed by atoms with Gasteiger partial charge >= 0.3 is 0 Å². The number of nitrogens with two attached hydrogens (primary N) is 2. The quantitative estimate of drug-likeness (QED) is 0.407. The van der Waals surface area contributed by atoms with E-state index in [2.05, 4.69) is 0 Å². The molecule has 0 fully saturated rings. The van der Waals surface area contributed by atoms with E-state index >= 15 is 0 Å². The molecule has 0 radical (unpaired) electrons. The predicted molar refractivity (Wildman–Crippen MR) is 68.6 cm³/mol. The van der Waals surface area contributed by atoms with Gasteiger partial charge in [0, 0.05) is 25.3 Å². The summed E-state index contributed by atoms with van der Waals surface area (Å²) in [5.41, 5.74) is 11.4. The molecule has 0 rings (SSSR count). The Labute approximate surface area is 104 Å². The van der Waals surface area contributed by atoms with E-state index in [0.29, 0.717) is 26.1 Å². The van der Waals surface area contributed by atoms with Crippen LogP contribution in [0.1, 0.15) is 39.5 Å². The van der Waals surface area contributed by atoms with Gasteiger partial charge in [-0.2, -0.15) is 0 Å². The van der Waals surface area contributed by atoms with Crippen LogP contribution in [-0.2, 0) is 4.74 Å². The maximum Gasteiger partial charge on any atom is 0.0712 e. The third-order valence-corrected chi connectivity index (χ3v) is 3.05. The molecule has 0 spiro atoms. The molecule has 0 aromatic rings. The lowest BCUT2D eigenvalue weighted by Gasteiger charge is -2.18. The van der Waals surface area contributed by atoms with Gasteiger partial charge in [0.1, 0.15) is 0 Å². The smallest absolute Gasteiger partial charge is 0.0712 e. The molecule has 0 aromatic carbocycles. The first kappa shape index (κ1) is 16.8. The molecule has 0 aliphatic carbocycles. The molecule has 4 atom stereocenters. The molecule has 5 heteroatoms. The summed E-state index contributed by atoms with van der Waals surface area (Å²) in [5, 5.41) is 19.2. The van der Waals surface area contributed by atoms with Gasteiger partial charge in [-0.3, -0.25) is 0 Å². The van der Waals surface area contributed by atoms with Crippen LogP contribution in [0.15, 0.2) is 0 Å². The lowest BCUT2D eigenvalue weighted by atomic mass is 10.1. The normalized spacial score (nSPS) is 18.7. The van der Waals surface area contributed by atoms with Crippen molar-refractivity contribution in [1.29, 1.82) is 0 Å². The maximum absolute atomic E-state index is 9.58. The van der Waals surface area contributed by atoms with Crippen molar-refractivity contribution in [2.75, 3.05) is 13.2 Å². The van der Waals surface area contributed by atoms with Crippen molar-refractivity contribution in [3.8, 4) is 0 Å².